The molecule has 1 rings (SSSR count). The van der Waals surface area contributed by atoms with E-state index in [4.69, 9.17) is 58.7 Å². The Kier molecular flexibility index (Phi) is 7.17. The molecule has 0 amide bonds. The maximum Gasteiger partial charge on any atom is 0.815 e. The molecule has 0 atom stereocenters. The largest absolute Gasteiger partial charge is 0.815 e. The van der Waals surface area contributed by atoms with Crippen molar-refractivity contribution in [2.75, 3.05) is 0 Å². The van der Waals surface area contributed by atoms with E-state index in [2.05, 4.69) is 0 Å². The molecule has 0 spiro atoms. The minimum atomic E-state index is -2.65. The number of hydrogen-bond acceptors (Lipinski definition) is 3. The molecule has 1 aromatic carbocycles. The number of Topliss-reactive ketones (excluding diaryl/α,β-unsaturated/α-hetero) is 1. The van der Waals surface area contributed by atoms with Gasteiger partial charge in [0.15, 0.2) is 5.78 Å². The monoisotopic (exact) mass is 388 g/mol. The van der Waals surface area contributed by atoms with E-state index in [1.165, 1.54) is 18.2 Å². The van der Waals surface area contributed by atoms with Crippen molar-refractivity contribution < 1.29 is 13.4 Å². The predicted octanol–water partition coefficient (Wildman–Crippen LogP) is 4.54. The molecule has 0 aliphatic rings. The summed E-state index contributed by atoms with van der Waals surface area (Å²) in [6, 6.07) is 4.45. The van der Waals surface area contributed by atoms with E-state index in [0.29, 0.717) is 5.02 Å². The molecule has 0 radical (unpaired) electrons. The predicted molar refractivity (Wildman–Crippen MR) is 83.5 cm³/mol. The molecule has 9 heteroatoms. The molecular formula is C11H6AlCl5O3. The fourth-order valence-electron chi connectivity index (χ4n) is 1.41. The highest BCUT2D eigenvalue weighted by atomic mass is 35.7. The maximum absolute atomic E-state index is 11.6. The minimum absolute atomic E-state index is 0.160. The van der Waals surface area contributed by atoms with Crippen LogP contribution in [-0.4, -0.2) is 23.7 Å². The van der Waals surface area contributed by atoms with Gasteiger partial charge >= 0.3 is 12.6 Å². The highest BCUT2D eigenvalue weighted by Gasteiger charge is 2.28. The molecule has 0 unspecified atom stereocenters. The Hall–Kier alpha value is 0.0825. The molecule has 0 aliphatic carbocycles. The van der Waals surface area contributed by atoms with Crippen LogP contribution in [0.1, 0.15) is 12.5 Å². The second-order valence-electron chi connectivity index (χ2n) is 3.54. The van der Waals surface area contributed by atoms with E-state index in [9.17, 15) is 9.59 Å². The Labute approximate surface area is 143 Å². The van der Waals surface area contributed by atoms with Crippen LogP contribution in [0.3, 0.4) is 0 Å². The summed E-state index contributed by atoms with van der Waals surface area (Å²) in [6.07, 6.45) is 0. The van der Waals surface area contributed by atoms with Gasteiger partial charge in [-0.05, 0) is 36.7 Å². The van der Waals surface area contributed by atoms with Gasteiger partial charge in [0.1, 0.15) is 11.3 Å². The number of benzene rings is 1. The normalized spacial score (nSPS) is 11.7. The summed E-state index contributed by atoms with van der Waals surface area (Å²) in [7, 11) is 11.3. The molecule has 1 aromatic rings. The van der Waals surface area contributed by atoms with Crippen molar-refractivity contribution in [1.82, 2.24) is 0 Å². The number of hydrogen-bond donors (Lipinski definition) is 0. The second-order valence-corrected chi connectivity index (χ2v) is 8.53. The lowest BCUT2D eigenvalue weighted by atomic mass is 10.1. The van der Waals surface area contributed by atoms with Crippen LogP contribution in [-0.2, 0) is 13.4 Å². The highest BCUT2D eigenvalue weighted by molar-refractivity contribution is 7.31. The van der Waals surface area contributed by atoms with E-state index in [1.807, 2.05) is 0 Å². The Morgan fingerprint density at radius 2 is 1.80 bits per heavy atom. The van der Waals surface area contributed by atoms with Crippen molar-refractivity contribution in [3.63, 3.8) is 0 Å². The lowest BCUT2D eigenvalue weighted by molar-refractivity contribution is -0.117. The highest BCUT2D eigenvalue weighted by Crippen LogP contribution is 2.32. The van der Waals surface area contributed by atoms with Crippen molar-refractivity contribution in [2.24, 2.45) is 0 Å². The molecule has 0 N–H and O–H groups in total. The van der Waals surface area contributed by atoms with E-state index in [1.54, 1.807) is 0 Å². The first kappa shape index (κ1) is 18.1. The summed E-state index contributed by atoms with van der Waals surface area (Å²) in [5.74, 6) is -0.759. The van der Waals surface area contributed by atoms with Gasteiger partial charge in [0.25, 0.3) is 5.24 Å². The van der Waals surface area contributed by atoms with Crippen LogP contribution >= 0.6 is 54.9 Å². The van der Waals surface area contributed by atoms with Crippen molar-refractivity contribution in [3.8, 4) is 0 Å². The Morgan fingerprint density at radius 1 is 1.20 bits per heavy atom. The van der Waals surface area contributed by atoms with Crippen LogP contribution in [0, 0.1) is 0 Å². The van der Waals surface area contributed by atoms with Crippen LogP contribution < -0.4 is 0 Å². The molecule has 0 aliphatic heterocycles. The summed E-state index contributed by atoms with van der Waals surface area (Å²) in [5.41, 5.74) is -0.160. The van der Waals surface area contributed by atoms with Gasteiger partial charge in [0, 0.05) is 10.6 Å². The van der Waals surface area contributed by atoms with E-state index in [-0.39, 0.29) is 21.9 Å². The first-order valence-corrected chi connectivity index (χ1v) is 10.2. The average molecular weight is 390 g/mol. The number of carbonyl (C=O) groups is 2. The molecule has 0 bridgehead atoms. The van der Waals surface area contributed by atoms with Crippen molar-refractivity contribution >= 4 is 84.3 Å². The first-order valence-electron chi connectivity index (χ1n) is 5.09. The lowest BCUT2D eigenvalue weighted by Gasteiger charge is -2.16. The molecule has 0 heterocycles. The van der Waals surface area contributed by atoms with Gasteiger partial charge in [-0.2, -0.15) is 20.1 Å². The van der Waals surface area contributed by atoms with Gasteiger partial charge in [-0.3, -0.25) is 9.59 Å². The molecule has 106 valence electrons. The maximum atomic E-state index is 11.6. The summed E-state index contributed by atoms with van der Waals surface area (Å²) in [6.45, 7) is 1.16. The number of allylic oxidation sites excluding steroid dienone is 1. The lowest BCUT2D eigenvalue weighted by Crippen LogP contribution is -2.13. The molecule has 0 saturated heterocycles. The molecule has 0 fully saturated rings. The summed E-state index contributed by atoms with van der Waals surface area (Å²) in [4.78, 5) is 23.0. The smallest absolute Gasteiger partial charge is 0.619 e. The zero-order valence-corrected chi connectivity index (χ0v) is 14.9. The van der Waals surface area contributed by atoms with Gasteiger partial charge in [-0.1, -0.05) is 23.2 Å². The summed E-state index contributed by atoms with van der Waals surface area (Å²) >= 11 is 14.6. The van der Waals surface area contributed by atoms with Crippen molar-refractivity contribution in [3.05, 3.63) is 39.4 Å². The van der Waals surface area contributed by atoms with E-state index in [0.717, 1.165) is 6.92 Å². The molecule has 0 saturated carbocycles. The second kappa shape index (κ2) is 7.91. The third-order valence-electron chi connectivity index (χ3n) is 2.16. The zero-order chi connectivity index (χ0) is 15.4. The fourth-order valence-corrected chi connectivity index (χ4v) is 2.96. The zero-order valence-electron chi connectivity index (χ0n) is 9.92. The summed E-state index contributed by atoms with van der Waals surface area (Å²) < 4.78 is 5.24. The Balaban J connectivity index is 3.61. The quantitative estimate of drug-likeness (QED) is 0.185. The standard InChI is InChI=1S/C11H7Cl3O3.Al.2ClH/c1-5(15)9(11(14)17)10(16)7-4-6(12)2-3-8(7)13;;;/h2-4,16H,1H3;;2*1H/q;+3;;/p-3/b10-9+;;;. The molecule has 3 nitrogen and oxygen atoms in total. The van der Waals surface area contributed by atoms with Crippen LogP contribution in [0.15, 0.2) is 23.8 Å². The SMILES string of the molecule is CC(=O)/C(C(=O)Cl)=C(\[O][Al]([Cl])[Cl])c1cc(Cl)ccc1Cl. The number of rotatable bonds is 5. The van der Waals surface area contributed by atoms with Crippen LogP contribution in [0.5, 0.6) is 0 Å². The Morgan fingerprint density at radius 3 is 2.25 bits per heavy atom. The fraction of sp³-hybridized carbons (Fsp3) is 0.0909. The van der Waals surface area contributed by atoms with E-state index >= 15 is 0 Å². The van der Waals surface area contributed by atoms with Gasteiger partial charge in [-0.15, -0.1) is 0 Å². The third-order valence-corrected chi connectivity index (χ3v) is 3.86. The summed E-state index contributed by atoms with van der Waals surface area (Å²) in [5, 5.41) is -0.451. The van der Waals surface area contributed by atoms with Gasteiger partial charge in [-0.25, -0.2) is 0 Å². The van der Waals surface area contributed by atoms with Gasteiger partial charge in [0.05, 0.1) is 5.02 Å². The van der Waals surface area contributed by atoms with Gasteiger partial charge < -0.3 is 3.79 Å². The molecule has 0 aromatic heterocycles. The van der Waals surface area contributed by atoms with Gasteiger partial charge in [0.2, 0.25) is 0 Å². The number of halogens is 5. The van der Waals surface area contributed by atoms with Crippen molar-refractivity contribution in [1.29, 1.82) is 0 Å². The van der Waals surface area contributed by atoms with Crippen molar-refractivity contribution in [2.45, 2.75) is 6.92 Å². The van der Waals surface area contributed by atoms with Crippen LogP contribution in [0.4, 0.5) is 0 Å². The molecule has 20 heavy (non-hydrogen) atoms. The molecular weight excluding hydrogens is 384 g/mol. The van der Waals surface area contributed by atoms with E-state index < -0.39 is 23.7 Å². The van der Waals surface area contributed by atoms with Crippen LogP contribution in [0.25, 0.3) is 5.76 Å². The average Bonchev–Trinajstić information content (AvgIpc) is 2.30. The Bertz CT molecular complexity index is 569. The minimum Gasteiger partial charge on any atom is -0.619 e. The van der Waals surface area contributed by atoms with Crippen LogP contribution in [0.2, 0.25) is 10.0 Å². The third kappa shape index (κ3) is 4.82. The topological polar surface area (TPSA) is 43.4 Å². The number of ketones is 1. The first-order chi connectivity index (χ1) is 9.23. The number of carbonyl (C=O) groups excluding carboxylic acids is 2.